The number of hydrogen-bond acceptors (Lipinski definition) is 1. The molecule has 0 saturated heterocycles. The average molecular weight is 226 g/mol. The van der Waals surface area contributed by atoms with Crippen molar-refractivity contribution in [3.63, 3.8) is 0 Å². The summed E-state index contributed by atoms with van der Waals surface area (Å²) in [7, 11) is 0. The standard InChI is InChI=1S/C15H30O/c1-3-4-5-9-12-15(2)13-10-7-6-8-11-14-16/h9,12,15-16H,3-8,10-11,13-14H2,1-2H3/b12-9+. The van der Waals surface area contributed by atoms with Crippen molar-refractivity contribution in [3.8, 4) is 0 Å². The molecule has 0 spiro atoms. The fourth-order valence-corrected chi connectivity index (χ4v) is 1.86. The Morgan fingerprint density at radius 2 is 1.69 bits per heavy atom. The van der Waals surface area contributed by atoms with Crippen LogP contribution in [0.25, 0.3) is 0 Å². The normalized spacial score (nSPS) is 13.4. The van der Waals surface area contributed by atoms with Crippen LogP contribution in [0.5, 0.6) is 0 Å². The minimum Gasteiger partial charge on any atom is -0.396 e. The molecule has 0 aliphatic rings. The Labute approximate surface area is 102 Å². The van der Waals surface area contributed by atoms with Crippen molar-refractivity contribution in [2.24, 2.45) is 5.92 Å². The van der Waals surface area contributed by atoms with Crippen LogP contribution in [0.2, 0.25) is 0 Å². The third kappa shape index (κ3) is 11.8. The van der Waals surface area contributed by atoms with E-state index in [9.17, 15) is 0 Å². The lowest BCUT2D eigenvalue weighted by Crippen LogP contribution is -1.90. The van der Waals surface area contributed by atoms with Crippen LogP contribution in [0.4, 0.5) is 0 Å². The first-order valence-electron chi connectivity index (χ1n) is 7.08. The van der Waals surface area contributed by atoms with Crippen molar-refractivity contribution in [3.05, 3.63) is 12.2 Å². The third-order valence-electron chi connectivity index (χ3n) is 3.01. The summed E-state index contributed by atoms with van der Waals surface area (Å²) in [6.07, 6.45) is 16.0. The number of aliphatic hydroxyl groups excluding tert-OH is 1. The lowest BCUT2D eigenvalue weighted by atomic mass is 10.0. The molecule has 1 heteroatoms. The Hall–Kier alpha value is -0.300. The molecule has 96 valence electrons. The van der Waals surface area contributed by atoms with Crippen LogP contribution in [-0.2, 0) is 0 Å². The van der Waals surface area contributed by atoms with Crippen molar-refractivity contribution in [1.29, 1.82) is 0 Å². The van der Waals surface area contributed by atoms with Gasteiger partial charge in [0.05, 0.1) is 0 Å². The van der Waals surface area contributed by atoms with Crippen molar-refractivity contribution in [1.82, 2.24) is 0 Å². The molecule has 1 unspecified atom stereocenters. The van der Waals surface area contributed by atoms with Gasteiger partial charge in [-0.25, -0.2) is 0 Å². The van der Waals surface area contributed by atoms with Crippen molar-refractivity contribution in [2.75, 3.05) is 6.61 Å². The summed E-state index contributed by atoms with van der Waals surface area (Å²) in [5, 5.41) is 8.64. The van der Waals surface area contributed by atoms with Gasteiger partial charge in [0.1, 0.15) is 0 Å². The zero-order valence-electron chi connectivity index (χ0n) is 11.3. The molecular formula is C15H30O. The predicted molar refractivity (Wildman–Crippen MR) is 72.6 cm³/mol. The van der Waals surface area contributed by atoms with E-state index in [1.54, 1.807) is 0 Å². The van der Waals surface area contributed by atoms with E-state index in [-0.39, 0.29) is 0 Å². The second kappa shape index (κ2) is 12.8. The fourth-order valence-electron chi connectivity index (χ4n) is 1.86. The van der Waals surface area contributed by atoms with Gasteiger partial charge in [-0.05, 0) is 25.2 Å². The summed E-state index contributed by atoms with van der Waals surface area (Å²) in [6.45, 7) is 4.91. The van der Waals surface area contributed by atoms with Crippen molar-refractivity contribution < 1.29 is 5.11 Å². The highest BCUT2D eigenvalue weighted by Gasteiger charge is 1.96. The number of rotatable bonds is 11. The highest BCUT2D eigenvalue weighted by molar-refractivity contribution is 4.86. The van der Waals surface area contributed by atoms with Crippen LogP contribution in [0, 0.1) is 5.92 Å². The molecule has 0 aliphatic carbocycles. The molecule has 0 heterocycles. The number of hydrogen-bond donors (Lipinski definition) is 1. The van der Waals surface area contributed by atoms with Gasteiger partial charge in [0, 0.05) is 6.61 Å². The van der Waals surface area contributed by atoms with Crippen LogP contribution < -0.4 is 0 Å². The van der Waals surface area contributed by atoms with Gasteiger partial charge in [0.2, 0.25) is 0 Å². The molecule has 0 rings (SSSR count). The number of aliphatic hydroxyl groups is 1. The third-order valence-corrected chi connectivity index (χ3v) is 3.01. The lowest BCUT2D eigenvalue weighted by molar-refractivity contribution is 0.282. The smallest absolute Gasteiger partial charge is 0.0431 e. The summed E-state index contributed by atoms with van der Waals surface area (Å²) in [4.78, 5) is 0. The molecule has 0 aromatic carbocycles. The molecular weight excluding hydrogens is 196 g/mol. The first kappa shape index (κ1) is 15.7. The summed E-state index contributed by atoms with van der Waals surface area (Å²) in [5.74, 6) is 0.745. The van der Waals surface area contributed by atoms with Gasteiger partial charge in [-0.1, -0.05) is 64.5 Å². The quantitative estimate of drug-likeness (QED) is 0.400. The first-order valence-corrected chi connectivity index (χ1v) is 7.08. The zero-order valence-corrected chi connectivity index (χ0v) is 11.3. The van der Waals surface area contributed by atoms with E-state index in [0.717, 1.165) is 12.3 Å². The fraction of sp³-hybridized carbons (Fsp3) is 0.867. The second-order valence-corrected chi connectivity index (χ2v) is 4.83. The molecule has 16 heavy (non-hydrogen) atoms. The van der Waals surface area contributed by atoms with Crippen LogP contribution in [0.3, 0.4) is 0 Å². The maximum Gasteiger partial charge on any atom is 0.0431 e. The topological polar surface area (TPSA) is 20.2 Å². The Morgan fingerprint density at radius 3 is 2.38 bits per heavy atom. The van der Waals surface area contributed by atoms with Crippen molar-refractivity contribution in [2.45, 2.75) is 71.6 Å². The molecule has 0 bridgehead atoms. The molecule has 1 nitrogen and oxygen atoms in total. The van der Waals surface area contributed by atoms with E-state index >= 15 is 0 Å². The predicted octanol–water partition coefficient (Wildman–Crippen LogP) is 4.70. The zero-order chi connectivity index (χ0) is 12.1. The van der Waals surface area contributed by atoms with Gasteiger partial charge >= 0.3 is 0 Å². The van der Waals surface area contributed by atoms with Gasteiger partial charge in [0.25, 0.3) is 0 Å². The van der Waals surface area contributed by atoms with Crippen LogP contribution in [0.1, 0.15) is 71.6 Å². The van der Waals surface area contributed by atoms with Gasteiger partial charge in [-0.3, -0.25) is 0 Å². The SMILES string of the molecule is CCCC/C=C/C(C)CCCCCCCO. The Bertz CT molecular complexity index is 152. The molecule has 1 atom stereocenters. The van der Waals surface area contributed by atoms with E-state index in [2.05, 4.69) is 26.0 Å². The maximum atomic E-state index is 8.64. The van der Waals surface area contributed by atoms with E-state index in [4.69, 9.17) is 5.11 Å². The highest BCUT2D eigenvalue weighted by Crippen LogP contribution is 2.12. The van der Waals surface area contributed by atoms with E-state index in [0.29, 0.717) is 6.61 Å². The molecule has 0 aromatic heterocycles. The van der Waals surface area contributed by atoms with Crippen LogP contribution in [0.15, 0.2) is 12.2 Å². The summed E-state index contributed by atoms with van der Waals surface area (Å²) in [5.41, 5.74) is 0. The molecule has 0 radical (unpaired) electrons. The van der Waals surface area contributed by atoms with Gasteiger partial charge in [-0.2, -0.15) is 0 Å². The van der Waals surface area contributed by atoms with Crippen molar-refractivity contribution >= 4 is 0 Å². The summed E-state index contributed by atoms with van der Waals surface area (Å²) >= 11 is 0. The van der Waals surface area contributed by atoms with E-state index < -0.39 is 0 Å². The maximum absolute atomic E-state index is 8.64. The van der Waals surface area contributed by atoms with E-state index in [1.807, 2.05) is 0 Å². The van der Waals surface area contributed by atoms with E-state index in [1.165, 1.54) is 51.4 Å². The molecule has 0 amide bonds. The minimum absolute atomic E-state index is 0.358. The van der Waals surface area contributed by atoms with Crippen LogP contribution in [-0.4, -0.2) is 11.7 Å². The van der Waals surface area contributed by atoms with Gasteiger partial charge in [-0.15, -0.1) is 0 Å². The highest BCUT2D eigenvalue weighted by atomic mass is 16.2. The largest absolute Gasteiger partial charge is 0.396 e. The second-order valence-electron chi connectivity index (χ2n) is 4.83. The lowest BCUT2D eigenvalue weighted by Gasteiger charge is -2.05. The first-order chi connectivity index (χ1) is 7.81. The molecule has 0 fully saturated rings. The monoisotopic (exact) mass is 226 g/mol. The Kier molecular flexibility index (Phi) is 12.5. The minimum atomic E-state index is 0.358. The summed E-state index contributed by atoms with van der Waals surface area (Å²) < 4.78 is 0. The molecule has 0 saturated carbocycles. The Balaban J connectivity index is 3.22. The number of allylic oxidation sites excluding steroid dienone is 2. The average Bonchev–Trinajstić information content (AvgIpc) is 2.29. The summed E-state index contributed by atoms with van der Waals surface area (Å²) in [6, 6.07) is 0. The Morgan fingerprint density at radius 1 is 1.00 bits per heavy atom. The van der Waals surface area contributed by atoms with Gasteiger partial charge < -0.3 is 5.11 Å². The molecule has 0 aliphatic heterocycles. The molecule has 1 N–H and O–H groups in total. The molecule has 0 aromatic rings. The van der Waals surface area contributed by atoms with Crippen LogP contribution >= 0.6 is 0 Å². The van der Waals surface area contributed by atoms with Gasteiger partial charge in [0.15, 0.2) is 0 Å². The number of unbranched alkanes of at least 4 members (excludes halogenated alkanes) is 6.